The lowest BCUT2D eigenvalue weighted by molar-refractivity contribution is -0.116. The zero-order chi connectivity index (χ0) is 14.4. The van der Waals surface area contributed by atoms with Crippen molar-refractivity contribution in [3.8, 4) is 0 Å². The highest BCUT2D eigenvalue weighted by atomic mass is 16.1. The van der Waals surface area contributed by atoms with E-state index < -0.39 is 0 Å². The molecule has 0 fully saturated rings. The van der Waals surface area contributed by atoms with Gasteiger partial charge in [-0.05, 0) is 47.9 Å². The van der Waals surface area contributed by atoms with Crippen LogP contribution in [0.4, 0.5) is 5.69 Å². The van der Waals surface area contributed by atoms with Crippen LogP contribution in [0.15, 0.2) is 18.2 Å². The number of rotatable bonds is 6. The highest BCUT2D eigenvalue weighted by molar-refractivity contribution is 5.90. The summed E-state index contributed by atoms with van der Waals surface area (Å²) in [7, 11) is 0. The van der Waals surface area contributed by atoms with E-state index in [-0.39, 0.29) is 5.91 Å². The Bertz CT molecular complexity index is 421. The van der Waals surface area contributed by atoms with Gasteiger partial charge in [0.15, 0.2) is 0 Å². The van der Waals surface area contributed by atoms with Crippen LogP contribution in [-0.2, 0) is 11.2 Å². The molecule has 0 heterocycles. The Morgan fingerprint density at radius 2 is 1.84 bits per heavy atom. The quantitative estimate of drug-likeness (QED) is 0.786. The lowest BCUT2D eigenvalue weighted by Crippen LogP contribution is -2.12. The van der Waals surface area contributed by atoms with Gasteiger partial charge in [-0.2, -0.15) is 0 Å². The number of carbonyl (C=O) groups excluding carboxylic acids is 1. The summed E-state index contributed by atoms with van der Waals surface area (Å²) in [5.74, 6) is 1.17. The van der Waals surface area contributed by atoms with E-state index in [2.05, 4.69) is 58.1 Å². The molecule has 0 aliphatic rings. The molecule has 0 aliphatic carbocycles. The van der Waals surface area contributed by atoms with E-state index in [0.29, 0.717) is 18.3 Å². The number of amides is 1. The summed E-state index contributed by atoms with van der Waals surface area (Å²) in [5, 5.41) is 3.03. The fraction of sp³-hybridized carbons (Fsp3) is 0.588. The molecule has 0 spiro atoms. The van der Waals surface area contributed by atoms with Gasteiger partial charge in [0.1, 0.15) is 0 Å². The highest BCUT2D eigenvalue weighted by Gasteiger charge is 2.07. The molecule has 106 valence electrons. The Balaban J connectivity index is 2.76. The zero-order valence-corrected chi connectivity index (χ0v) is 12.9. The van der Waals surface area contributed by atoms with Gasteiger partial charge >= 0.3 is 0 Å². The number of nitrogens with one attached hydrogen (secondary N) is 1. The molecule has 1 N–H and O–H groups in total. The maximum atomic E-state index is 11.9. The third-order valence-electron chi connectivity index (χ3n) is 3.32. The second kappa shape index (κ2) is 7.32. The molecule has 1 rings (SSSR count). The normalized spacial score (nSPS) is 11.1. The van der Waals surface area contributed by atoms with Crippen LogP contribution in [0.3, 0.4) is 0 Å². The zero-order valence-electron chi connectivity index (χ0n) is 12.9. The van der Waals surface area contributed by atoms with Gasteiger partial charge in [0, 0.05) is 12.1 Å². The molecule has 0 atom stereocenters. The van der Waals surface area contributed by atoms with Crippen molar-refractivity contribution in [1.29, 1.82) is 0 Å². The predicted octanol–water partition coefficient (Wildman–Crippen LogP) is 4.75. The summed E-state index contributed by atoms with van der Waals surface area (Å²) >= 11 is 0. The Hall–Kier alpha value is -1.31. The van der Waals surface area contributed by atoms with Gasteiger partial charge in [-0.3, -0.25) is 4.79 Å². The van der Waals surface area contributed by atoms with Crippen LogP contribution in [-0.4, -0.2) is 5.91 Å². The standard InChI is InChI=1S/C17H27NO/c1-6-14-9-15(13(4)5)11-16(10-14)18-17(19)8-7-12(2)3/h9-13H,6-8H2,1-5H3,(H,18,19). The molecule has 0 saturated heterocycles. The third kappa shape index (κ3) is 5.46. The second-order valence-electron chi connectivity index (χ2n) is 5.95. The van der Waals surface area contributed by atoms with E-state index >= 15 is 0 Å². The molecule has 1 amide bonds. The van der Waals surface area contributed by atoms with E-state index in [0.717, 1.165) is 18.5 Å². The number of hydrogen-bond acceptors (Lipinski definition) is 1. The van der Waals surface area contributed by atoms with Crippen LogP contribution < -0.4 is 5.32 Å². The first kappa shape index (κ1) is 15.7. The van der Waals surface area contributed by atoms with E-state index in [1.54, 1.807) is 0 Å². The average molecular weight is 261 g/mol. The number of aryl methyl sites for hydroxylation is 1. The predicted molar refractivity (Wildman–Crippen MR) is 82.6 cm³/mol. The van der Waals surface area contributed by atoms with Crippen molar-refractivity contribution < 1.29 is 4.79 Å². The summed E-state index contributed by atoms with van der Waals surface area (Å²) in [5.41, 5.74) is 3.51. The molecule has 19 heavy (non-hydrogen) atoms. The monoisotopic (exact) mass is 261 g/mol. The smallest absolute Gasteiger partial charge is 0.224 e. The van der Waals surface area contributed by atoms with Gasteiger partial charge in [0.2, 0.25) is 5.91 Å². The molecule has 1 aromatic carbocycles. The van der Waals surface area contributed by atoms with Gasteiger partial charge in [0.25, 0.3) is 0 Å². The first-order valence-corrected chi connectivity index (χ1v) is 7.36. The average Bonchev–Trinajstić information content (AvgIpc) is 2.35. The number of carbonyl (C=O) groups is 1. The lowest BCUT2D eigenvalue weighted by atomic mass is 9.98. The van der Waals surface area contributed by atoms with Crippen molar-refractivity contribution in [1.82, 2.24) is 0 Å². The topological polar surface area (TPSA) is 29.1 Å². The minimum atomic E-state index is 0.122. The largest absolute Gasteiger partial charge is 0.326 e. The van der Waals surface area contributed by atoms with Crippen LogP contribution in [0.25, 0.3) is 0 Å². The van der Waals surface area contributed by atoms with Crippen molar-refractivity contribution in [2.75, 3.05) is 5.32 Å². The fourth-order valence-corrected chi connectivity index (χ4v) is 1.97. The number of benzene rings is 1. The number of anilines is 1. The summed E-state index contributed by atoms with van der Waals surface area (Å²) in [6.07, 6.45) is 2.54. The van der Waals surface area contributed by atoms with E-state index in [1.807, 2.05) is 0 Å². The maximum absolute atomic E-state index is 11.9. The molecular weight excluding hydrogens is 234 g/mol. The SMILES string of the molecule is CCc1cc(NC(=O)CCC(C)C)cc(C(C)C)c1. The number of hydrogen-bond donors (Lipinski definition) is 1. The van der Waals surface area contributed by atoms with Crippen LogP contribution in [0.1, 0.15) is 64.5 Å². The Kier molecular flexibility index (Phi) is 6.07. The first-order valence-electron chi connectivity index (χ1n) is 7.36. The van der Waals surface area contributed by atoms with Gasteiger partial charge in [-0.25, -0.2) is 0 Å². The first-order chi connectivity index (χ1) is 8.92. The van der Waals surface area contributed by atoms with Crippen molar-refractivity contribution in [3.05, 3.63) is 29.3 Å². The highest BCUT2D eigenvalue weighted by Crippen LogP contribution is 2.22. The summed E-state index contributed by atoms with van der Waals surface area (Å²) in [4.78, 5) is 11.9. The minimum absolute atomic E-state index is 0.122. The van der Waals surface area contributed by atoms with Gasteiger partial charge < -0.3 is 5.32 Å². The summed E-state index contributed by atoms with van der Waals surface area (Å²) in [6, 6.07) is 6.41. The van der Waals surface area contributed by atoms with Crippen molar-refractivity contribution >= 4 is 11.6 Å². The van der Waals surface area contributed by atoms with Crippen molar-refractivity contribution in [2.45, 2.75) is 59.8 Å². The minimum Gasteiger partial charge on any atom is -0.326 e. The van der Waals surface area contributed by atoms with E-state index in [1.165, 1.54) is 11.1 Å². The van der Waals surface area contributed by atoms with E-state index in [4.69, 9.17) is 0 Å². The molecular formula is C17H27NO. The molecule has 0 saturated carbocycles. The molecule has 0 radical (unpaired) electrons. The second-order valence-corrected chi connectivity index (χ2v) is 5.95. The van der Waals surface area contributed by atoms with Gasteiger partial charge in [-0.1, -0.05) is 40.7 Å². The van der Waals surface area contributed by atoms with Gasteiger partial charge in [0.05, 0.1) is 0 Å². The van der Waals surface area contributed by atoms with E-state index in [9.17, 15) is 4.79 Å². The Morgan fingerprint density at radius 1 is 1.16 bits per heavy atom. The molecule has 2 heteroatoms. The molecule has 2 nitrogen and oxygen atoms in total. The molecule has 0 bridgehead atoms. The van der Waals surface area contributed by atoms with Crippen LogP contribution in [0, 0.1) is 5.92 Å². The third-order valence-corrected chi connectivity index (χ3v) is 3.32. The maximum Gasteiger partial charge on any atom is 0.224 e. The molecule has 0 aliphatic heterocycles. The fourth-order valence-electron chi connectivity index (χ4n) is 1.97. The van der Waals surface area contributed by atoms with Crippen LogP contribution in [0.5, 0.6) is 0 Å². The molecule has 0 unspecified atom stereocenters. The van der Waals surface area contributed by atoms with Crippen LogP contribution >= 0.6 is 0 Å². The Morgan fingerprint density at radius 3 is 2.37 bits per heavy atom. The van der Waals surface area contributed by atoms with Crippen molar-refractivity contribution in [3.63, 3.8) is 0 Å². The summed E-state index contributed by atoms with van der Waals surface area (Å²) in [6.45, 7) is 10.8. The Labute approximate surface area is 117 Å². The van der Waals surface area contributed by atoms with Gasteiger partial charge in [-0.15, -0.1) is 0 Å². The summed E-state index contributed by atoms with van der Waals surface area (Å²) < 4.78 is 0. The molecule has 1 aromatic rings. The van der Waals surface area contributed by atoms with Crippen molar-refractivity contribution in [2.24, 2.45) is 5.92 Å². The lowest BCUT2D eigenvalue weighted by Gasteiger charge is -2.13. The molecule has 0 aromatic heterocycles. The van der Waals surface area contributed by atoms with Crippen LogP contribution in [0.2, 0.25) is 0 Å².